The Morgan fingerprint density at radius 3 is 2.48 bits per heavy atom. The van der Waals surface area contributed by atoms with Gasteiger partial charge in [-0.2, -0.15) is 0 Å². The van der Waals surface area contributed by atoms with Gasteiger partial charge in [0.25, 0.3) is 0 Å². The van der Waals surface area contributed by atoms with E-state index in [9.17, 15) is 27.9 Å². The average Bonchev–Trinajstić information content (AvgIpc) is 2.97. The molecule has 1 fully saturated rings. The molecule has 154 valence electrons. The topological polar surface area (TPSA) is 66.8 Å². The fourth-order valence-electron chi connectivity index (χ4n) is 3.39. The van der Waals surface area contributed by atoms with Crippen molar-refractivity contribution in [2.75, 3.05) is 0 Å². The molecule has 0 aromatic heterocycles. The Hall–Kier alpha value is -3.03. The summed E-state index contributed by atoms with van der Waals surface area (Å²) in [5, 5.41) is 9.45. The van der Waals surface area contributed by atoms with Gasteiger partial charge >= 0.3 is 12.2 Å². The summed E-state index contributed by atoms with van der Waals surface area (Å²) in [6.07, 6.45) is -5.34. The molecular formula is C21H20F3NO4. The molecule has 0 saturated carbocycles. The summed E-state index contributed by atoms with van der Waals surface area (Å²) >= 11 is 0. The third kappa shape index (κ3) is 4.36. The second-order valence-corrected chi connectivity index (χ2v) is 7.45. The van der Waals surface area contributed by atoms with Crippen LogP contribution in [-0.4, -0.2) is 33.9 Å². The molecule has 1 aliphatic heterocycles. The number of amides is 2. The molecule has 0 aliphatic carbocycles. The van der Waals surface area contributed by atoms with Crippen molar-refractivity contribution in [2.45, 2.75) is 44.3 Å². The maximum absolute atomic E-state index is 14.4. The number of rotatable bonds is 5. The van der Waals surface area contributed by atoms with Crippen LogP contribution in [0.15, 0.2) is 48.5 Å². The third-order valence-electron chi connectivity index (χ3n) is 4.80. The summed E-state index contributed by atoms with van der Waals surface area (Å²) in [7, 11) is 0. The standard InChI is InChI=1S/C21H20F3NO4/c1-21(2,24)18(23)14-5-3-4-12(10-14)11-16-17(13-6-8-15(22)9-7-13)29-20(28)25(16)19(26)27/h3-10,16-18H,11H2,1-2H3,(H,26,27). The zero-order valence-electron chi connectivity index (χ0n) is 15.8. The van der Waals surface area contributed by atoms with E-state index in [0.29, 0.717) is 16.0 Å². The van der Waals surface area contributed by atoms with Crippen molar-refractivity contribution in [2.24, 2.45) is 0 Å². The first-order valence-electron chi connectivity index (χ1n) is 8.98. The number of carbonyl (C=O) groups is 2. The number of hydrogen-bond acceptors (Lipinski definition) is 3. The number of nitrogens with zero attached hydrogens (tertiary/aromatic N) is 1. The van der Waals surface area contributed by atoms with E-state index in [2.05, 4.69) is 0 Å². The minimum absolute atomic E-state index is 0.0212. The van der Waals surface area contributed by atoms with Gasteiger partial charge in [0.2, 0.25) is 0 Å². The number of halogens is 3. The lowest BCUT2D eigenvalue weighted by Gasteiger charge is -2.23. The number of benzene rings is 2. The summed E-state index contributed by atoms with van der Waals surface area (Å²) in [6, 6.07) is 10.3. The fraction of sp³-hybridized carbons (Fsp3) is 0.333. The predicted octanol–water partition coefficient (Wildman–Crippen LogP) is 5.37. The lowest BCUT2D eigenvalue weighted by Crippen LogP contribution is -2.39. The molecule has 0 spiro atoms. The lowest BCUT2D eigenvalue weighted by molar-refractivity contribution is 0.0852. The summed E-state index contributed by atoms with van der Waals surface area (Å²) in [6.45, 7) is 2.26. The minimum Gasteiger partial charge on any atom is -0.465 e. The van der Waals surface area contributed by atoms with E-state index in [4.69, 9.17) is 4.74 Å². The number of alkyl halides is 2. The Balaban J connectivity index is 1.93. The number of hydrogen-bond donors (Lipinski definition) is 1. The van der Waals surface area contributed by atoms with Crippen LogP contribution in [0, 0.1) is 5.82 Å². The molecule has 1 N–H and O–H groups in total. The summed E-state index contributed by atoms with van der Waals surface area (Å²) in [4.78, 5) is 24.3. The van der Waals surface area contributed by atoms with Gasteiger partial charge in [-0.3, -0.25) is 0 Å². The highest BCUT2D eigenvalue weighted by Crippen LogP contribution is 2.36. The van der Waals surface area contributed by atoms with Crippen LogP contribution < -0.4 is 0 Å². The fourth-order valence-corrected chi connectivity index (χ4v) is 3.39. The van der Waals surface area contributed by atoms with Crippen LogP contribution in [0.25, 0.3) is 0 Å². The molecule has 1 heterocycles. The van der Waals surface area contributed by atoms with E-state index in [0.717, 1.165) is 13.8 Å². The second-order valence-electron chi connectivity index (χ2n) is 7.45. The molecule has 3 unspecified atom stereocenters. The zero-order valence-corrected chi connectivity index (χ0v) is 15.8. The predicted molar refractivity (Wildman–Crippen MR) is 98.5 cm³/mol. The molecule has 0 bridgehead atoms. The highest BCUT2D eigenvalue weighted by Gasteiger charge is 2.46. The Labute approximate surface area is 165 Å². The molecule has 3 atom stereocenters. The smallest absolute Gasteiger partial charge is 0.420 e. The first kappa shape index (κ1) is 20.7. The Kier molecular flexibility index (Phi) is 5.55. The molecule has 5 nitrogen and oxygen atoms in total. The number of cyclic esters (lactones) is 1. The first-order valence-corrected chi connectivity index (χ1v) is 8.98. The highest BCUT2D eigenvalue weighted by molar-refractivity contribution is 5.89. The third-order valence-corrected chi connectivity index (χ3v) is 4.80. The van der Waals surface area contributed by atoms with Crippen molar-refractivity contribution in [3.63, 3.8) is 0 Å². The lowest BCUT2D eigenvalue weighted by atomic mass is 9.92. The minimum atomic E-state index is -2.09. The normalized spacial score (nSPS) is 20.4. The molecule has 29 heavy (non-hydrogen) atoms. The number of imide groups is 1. The van der Waals surface area contributed by atoms with Crippen molar-refractivity contribution in [1.82, 2.24) is 4.90 Å². The van der Waals surface area contributed by atoms with Gasteiger partial charge in [-0.1, -0.05) is 36.4 Å². The number of carboxylic acid groups (broad SMARTS) is 1. The molecule has 8 heteroatoms. The molecule has 1 aliphatic rings. The van der Waals surface area contributed by atoms with Gasteiger partial charge < -0.3 is 9.84 Å². The summed E-state index contributed by atoms with van der Waals surface area (Å²) in [5.41, 5.74) is -1.04. The Bertz CT molecular complexity index is 911. The molecule has 3 rings (SSSR count). The zero-order chi connectivity index (χ0) is 21.3. The van der Waals surface area contributed by atoms with Crippen LogP contribution in [0.1, 0.15) is 42.8 Å². The monoisotopic (exact) mass is 407 g/mol. The maximum atomic E-state index is 14.4. The van der Waals surface area contributed by atoms with Gasteiger partial charge in [-0.05, 0) is 49.1 Å². The first-order chi connectivity index (χ1) is 13.6. The van der Waals surface area contributed by atoms with Crippen LogP contribution >= 0.6 is 0 Å². The molecule has 2 aromatic rings. The van der Waals surface area contributed by atoms with Gasteiger partial charge in [0, 0.05) is 0 Å². The second kappa shape index (κ2) is 7.77. The van der Waals surface area contributed by atoms with Gasteiger partial charge in [0.1, 0.15) is 11.5 Å². The van der Waals surface area contributed by atoms with Gasteiger partial charge in [0.05, 0.1) is 6.04 Å². The molecule has 2 amide bonds. The van der Waals surface area contributed by atoms with Gasteiger partial charge in [-0.15, -0.1) is 0 Å². The van der Waals surface area contributed by atoms with Crippen molar-refractivity contribution in [3.05, 3.63) is 71.0 Å². The molecule has 1 saturated heterocycles. The molecule has 0 radical (unpaired) electrons. The van der Waals surface area contributed by atoms with Crippen LogP contribution in [0.3, 0.4) is 0 Å². The Morgan fingerprint density at radius 2 is 1.90 bits per heavy atom. The van der Waals surface area contributed by atoms with Crippen LogP contribution in [0.4, 0.5) is 22.8 Å². The van der Waals surface area contributed by atoms with E-state index < -0.39 is 42.0 Å². The molecular weight excluding hydrogens is 387 g/mol. The van der Waals surface area contributed by atoms with E-state index in [1.165, 1.54) is 36.4 Å². The summed E-state index contributed by atoms with van der Waals surface area (Å²) < 4.78 is 46.8. The van der Waals surface area contributed by atoms with Gasteiger partial charge in [-0.25, -0.2) is 27.7 Å². The van der Waals surface area contributed by atoms with Gasteiger partial charge in [0.15, 0.2) is 12.3 Å². The van der Waals surface area contributed by atoms with Crippen molar-refractivity contribution >= 4 is 12.2 Å². The van der Waals surface area contributed by atoms with Crippen molar-refractivity contribution in [3.8, 4) is 0 Å². The highest BCUT2D eigenvalue weighted by atomic mass is 19.2. The van der Waals surface area contributed by atoms with Crippen LogP contribution in [-0.2, 0) is 11.2 Å². The quantitative estimate of drug-likeness (QED) is 0.724. The van der Waals surface area contributed by atoms with Crippen LogP contribution in [0.5, 0.6) is 0 Å². The average molecular weight is 407 g/mol. The van der Waals surface area contributed by atoms with E-state index >= 15 is 0 Å². The SMILES string of the molecule is CC(C)(F)C(F)c1cccc(CC2C(c3ccc(F)cc3)OC(=O)N2C(=O)O)c1. The maximum Gasteiger partial charge on any atom is 0.420 e. The largest absolute Gasteiger partial charge is 0.465 e. The van der Waals surface area contributed by atoms with Crippen molar-refractivity contribution < 1.29 is 32.6 Å². The van der Waals surface area contributed by atoms with Crippen molar-refractivity contribution in [1.29, 1.82) is 0 Å². The summed E-state index contributed by atoms with van der Waals surface area (Å²) in [5.74, 6) is -0.486. The number of carbonyl (C=O) groups excluding carboxylic acids is 1. The number of ether oxygens (including phenoxy) is 1. The van der Waals surface area contributed by atoms with E-state index in [1.807, 2.05) is 0 Å². The molecule has 2 aromatic carbocycles. The Morgan fingerprint density at radius 1 is 1.24 bits per heavy atom. The van der Waals surface area contributed by atoms with E-state index in [1.54, 1.807) is 12.1 Å². The van der Waals surface area contributed by atoms with Crippen LogP contribution in [0.2, 0.25) is 0 Å². The van der Waals surface area contributed by atoms with E-state index in [-0.39, 0.29) is 12.0 Å².